The monoisotopic (exact) mass is 401 g/mol. The molecule has 0 saturated carbocycles. The zero-order valence-corrected chi connectivity index (χ0v) is 15.1. The molecule has 3 aromatic carbocycles. The van der Waals surface area contributed by atoms with E-state index >= 15 is 0 Å². The van der Waals surface area contributed by atoms with Crippen LogP contribution in [0.15, 0.2) is 66.7 Å². The maximum Gasteiger partial charge on any atom is 0.441 e. The Morgan fingerprint density at radius 1 is 0.679 bits per heavy atom. The summed E-state index contributed by atoms with van der Waals surface area (Å²) in [5.74, 6) is 0. The second kappa shape index (κ2) is 7.41. The van der Waals surface area contributed by atoms with E-state index in [1.807, 2.05) is 0 Å². The van der Waals surface area contributed by atoms with Crippen LogP contribution >= 0.6 is 7.94 Å². The highest BCUT2D eigenvalue weighted by atomic mass is 31.2. The number of benzene rings is 3. The van der Waals surface area contributed by atoms with Crippen molar-refractivity contribution in [1.82, 2.24) is 0 Å². The summed E-state index contributed by atoms with van der Waals surface area (Å²) in [7, 11) is -4.42. The third-order valence-corrected chi connectivity index (χ3v) is 5.14. The Kier molecular flexibility index (Phi) is 5.17. The lowest BCUT2D eigenvalue weighted by Crippen LogP contribution is -2.13. The predicted octanol–water partition coefficient (Wildman–Crippen LogP) is 3.20. The van der Waals surface area contributed by atoms with Gasteiger partial charge in [0.15, 0.2) is 5.30 Å². The van der Waals surface area contributed by atoms with Gasteiger partial charge in [0, 0.05) is 29.8 Å². The number of non-ortho nitro benzene ring substituents is 2. The van der Waals surface area contributed by atoms with Crippen molar-refractivity contribution < 1.29 is 24.5 Å². The van der Waals surface area contributed by atoms with Crippen molar-refractivity contribution in [1.29, 1.82) is 0 Å². The van der Waals surface area contributed by atoms with Gasteiger partial charge >= 0.3 is 7.94 Å². The number of nitro groups is 2. The molecule has 10 heteroatoms. The molecule has 3 rings (SSSR count). The summed E-state index contributed by atoms with van der Waals surface area (Å²) < 4.78 is 0. The summed E-state index contributed by atoms with van der Waals surface area (Å²) in [5, 5.41) is 21.6. The van der Waals surface area contributed by atoms with Gasteiger partial charge in [0.2, 0.25) is 0 Å². The fraction of sp³-hybridized carbons (Fsp3) is 0. The van der Waals surface area contributed by atoms with Gasteiger partial charge in [-0.15, -0.1) is 0 Å². The molecule has 0 fully saturated rings. The molecule has 28 heavy (non-hydrogen) atoms. The van der Waals surface area contributed by atoms with Crippen LogP contribution in [0.25, 0.3) is 22.3 Å². The Bertz CT molecular complexity index is 1050. The van der Waals surface area contributed by atoms with Gasteiger partial charge in [-0.1, -0.05) is 12.1 Å². The number of nitrogens with zero attached hydrogens (tertiary/aromatic N) is 2. The van der Waals surface area contributed by atoms with Crippen LogP contribution in [-0.2, 0) is 0 Å². The number of hydrogen-bond donors (Lipinski definition) is 3. The first-order valence-corrected chi connectivity index (χ1v) is 9.54. The first-order valence-electron chi connectivity index (χ1n) is 7.89. The predicted molar refractivity (Wildman–Crippen MR) is 104 cm³/mol. The zero-order chi connectivity index (χ0) is 20.5. The van der Waals surface area contributed by atoms with E-state index in [9.17, 15) is 34.9 Å². The highest BCUT2D eigenvalue weighted by Gasteiger charge is 2.38. The van der Waals surface area contributed by atoms with Crippen LogP contribution in [0.3, 0.4) is 0 Å². The zero-order valence-electron chi connectivity index (χ0n) is 14.2. The van der Waals surface area contributed by atoms with Gasteiger partial charge in [0.05, 0.1) is 9.85 Å². The highest BCUT2D eigenvalue weighted by Crippen LogP contribution is 2.48. The summed E-state index contributed by atoms with van der Waals surface area (Å²) >= 11 is 0. The van der Waals surface area contributed by atoms with E-state index < -0.39 is 17.8 Å². The Hall–Kier alpha value is -3.23. The second-order valence-electron chi connectivity index (χ2n) is 5.88. The molecule has 142 valence electrons. The lowest BCUT2D eigenvalue weighted by molar-refractivity contribution is -0.385. The second-order valence-corrected chi connectivity index (χ2v) is 7.49. The smallest absolute Gasteiger partial charge is 0.258 e. The molecule has 0 heterocycles. The maximum atomic E-state index is 10.9. The van der Waals surface area contributed by atoms with Crippen LogP contribution in [-0.4, -0.2) is 24.5 Å². The summed E-state index contributed by atoms with van der Waals surface area (Å²) in [5.41, 5.74) is 1.45. The van der Waals surface area contributed by atoms with Crippen molar-refractivity contribution in [2.24, 2.45) is 0 Å². The third kappa shape index (κ3) is 3.88. The van der Waals surface area contributed by atoms with Crippen LogP contribution in [0, 0.1) is 20.2 Å². The molecular weight excluding hydrogens is 387 g/mol. The quantitative estimate of drug-likeness (QED) is 0.338. The summed E-state index contributed by atoms with van der Waals surface area (Å²) in [6, 6.07) is 15.5. The molecule has 9 nitrogen and oxygen atoms in total. The van der Waals surface area contributed by atoms with Gasteiger partial charge < -0.3 is 0 Å². The van der Waals surface area contributed by atoms with Crippen LogP contribution in [0.4, 0.5) is 11.4 Å². The van der Waals surface area contributed by atoms with Crippen molar-refractivity contribution in [2.45, 2.75) is 0 Å². The third-order valence-electron chi connectivity index (χ3n) is 4.12. The standard InChI is InChI=1S/C18H14N2O7P/c21-19(22)14-8-4-12(5-9-14)16-2-1-3-17(28(25,26)27)18(16)13-6-10-15(11-7-13)20(23)24/h1-11,25-27H/q+1. The summed E-state index contributed by atoms with van der Waals surface area (Å²) in [6.07, 6.45) is 0. The van der Waals surface area contributed by atoms with E-state index in [1.165, 1.54) is 60.7 Å². The molecule has 0 atom stereocenters. The number of nitro benzene ring substituents is 2. The van der Waals surface area contributed by atoms with Gasteiger partial charge in [-0.3, -0.25) is 20.2 Å². The van der Waals surface area contributed by atoms with E-state index in [0.29, 0.717) is 16.7 Å². The molecule has 3 N–H and O–H groups in total. The Labute approximate surface area is 159 Å². The Balaban J connectivity index is 2.23. The fourth-order valence-corrected chi connectivity index (χ4v) is 3.68. The molecule has 0 aromatic heterocycles. The molecule has 0 aliphatic rings. The largest absolute Gasteiger partial charge is 0.441 e. The topological polar surface area (TPSA) is 147 Å². The van der Waals surface area contributed by atoms with E-state index in [1.54, 1.807) is 6.07 Å². The molecular formula is C18H14N2O7P+. The van der Waals surface area contributed by atoms with Gasteiger partial charge in [-0.05, 0) is 47.0 Å². The Morgan fingerprint density at radius 3 is 1.57 bits per heavy atom. The number of rotatable bonds is 5. The van der Waals surface area contributed by atoms with E-state index in [0.717, 1.165) is 0 Å². The van der Waals surface area contributed by atoms with Gasteiger partial charge in [0.25, 0.3) is 11.4 Å². The minimum absolute atomic E-state index is 0.106. The van der Waals surface area contributed by atoms with Crippen molar-refractivity contribution in [3.8, 4) is 22.3 Å². The summed E-state index contributed by atoms with van der Waals surface area (Å²) in [4.78, 5) is 50.3. The van der Waals surface area contributed by atoms with Gasteiger partial charge in [-0.25, -0.2) is 0 Å². The molecule has 0 unspecified atom stereocenters. The molecule has 0 spiro atoms. The molecule has 0 saturated heterocycles. The summed E-state index contributed by atoms with van der Waals surface area (Å²) in [6.45, 7) is 0. The minimum Gasteiger partial charge on any atom is -0.258 e. The Morgan fingerprint density at radius 2 is 1.14 bits per heavy atom. The average Bonchev–Trinajstić information content (AvgIpc) is 2.67. The molecule has 0 amide bonds. The normalized spacial score (nSPS) is 11.2. The van der Waals surface area contributed by atoms with E-state index in [2.05, 4.69) is 0 Å². The maximum absolute atomic E-state index is 10.9. The van der Waals surface area contributed by atoms with Crippen LogP contribution in [0.1, 0.15) is 0 Å². The molecule has 0 radical (unpaired) electrons. The molecule has 0 aliphatic heterocycles. The highest BCUT2D eigenvalue weighted by molar-refractivity contribution is 7.67. The first-order chi connectivity index (χ1) is 13.2. The SMILES string of the molecule is O=[N+]([O-])c1ccc(-c2cccc([P+](O)(O)O)c2-c2ccc([N+](=O)[O-])cc2)cc1. The lowest BCUT2D eigenvalue weighted by atomic mass is 9.94. The van der Waals surface area contributed by atoms with Crippen molar-refractivity contribution in [3.63, 3.8) is 0 Å². The minimum atomic E-state index is -4.42. The van der Waals surface area contributed by atoms with E-state index in [-0.39, 0.29) is 22.2 Å². The van der Waals surface area contributed by atoms with E-state index in [4.69, 9.17) is 0 Å². The van der Waals surface area contributed by atoms with Crippen molar-refractivity contribution in [3.05, 3.63) is 87.0 Å². The van der Waals surface area contributed by atoms with Gasteiger partial charge in [0.1, 0.15) is 0 Å². The van der Waals surface area contributed by atoms with Crippen LogP contribution in [0.2, 0.25) is 0 Å². The molecule has 0 bridgehead atoms. The van der Waals surface area contributed by atoms with Gasteiger partial charge in [-0.2, -0.15) is 14.7 Å². The van der Waals surface area contributed by atoms with Crippen LogP contribution < -0.4 is 5.30 Å². The van der Waals surface area contributed by atoms with Crippen molar-refractivity contribution >= 4 is 24.6 Å². The van der Waals surface area contributed by atoms with Crippen molar-refractivity contribution in [2.75, 3.05) is 0 Å². The molecule has 3 aromatic rings. The number of hydrogen-bond acceptors (Lipinski definition) is 7. The first kappa shape index (κ1) is 19.5. The average molecular weight is 401 g/mol. The fourth-order valence-electron chi connectivity index (χ4n) is 2.85. The molecule has 0 aliphatic carbocycles. The lowest BCUT2D eigenvalue weighted by Gasteiger charge is -2.15. The van der Waals surface area contributed by atoms with Crippen LogP contribution in [0.5, 0.6) is 0 Å².